The fourth-order valence-corrected chi connectivity index (χ4v) is 2.99. The highest BCUT2D eigenvalue weighted by atomic mass is 32.1. The second-order valence-corrected chi connectivity index (χ2v) is 5.70. The largest absolute Gasteiger partial charge is 0.319 e. The van der Waals surface area contributed by atoms with Crippen LogP contribution < -0.4 is 5.32 Å². The summed E-state index contributed by atoms with van der Waals surface area (Å²) in [6.07, 6.45) is 4.23. The van der Waals surface area contributed by atoms with Crippen molar-refractivity contribution in [2.45, 2.75) is 19.8 Å². The van der Waals surface area contributed by atoms with Crippen LogP contribution in [0, 0.1) is 12.8 Å². The number of thiazole rings is 1. The fourth-order valence-electron chi connectivity index (χ4n) is 2.28. The Morgan fingerprint density at radius 2 is 2.11 bits per heavy atom. The molecule has 0 radical (unpaired) electrons. The van der Waals surface area contributed by atoms with Crippen LogP contribution in [0.4, 0.5) is 0 Å². The normalized spacial score (nSPS) is 12.6. The van der Waals surface area contributed by atoms with Crippen molar-refractivity contribution in [1.82, 2.24) is 10.3 Å². The molecule has 1 N–H and O–H groups in total. The van der Waals surface area contributed by atoms with Crippen molar-refractivity contribution in [1.29, 1.82) is 0 Å². The first-order chi connectivity index (χ1) is 8.79. The van der Waals surface area contributed by atoms with E-state index in [1.807, 2.05) is 18.8 Å². The molecule has 2 aromatic rings. The molecule has 2 rings (SSSR count). The number of benzene rings is 1. The minimum Gasteiger partial charge on any atom is -0.319 e. The van der Waals surface area contributed by atoms with Gasteiger partial charge in [-0.1, -0.05) is 24.3 Å². The van der Waals surface area contributed by atoms with Gasteiger partial charge in [0.15, 0.2) is 0 Å². The molecule has 1 unspecified atom stereocenters. The van der Waals surface area contributed by atoms with Gasteiger partial charge in [-0.3, -0.25) is 4.98 Å². The third-order valence-corrected chi connectivity index (χ3v) is 4.04. The molecule has 1 aromatic carbocycles. The zero-order valence-electron chi connectivity index (χ0n) is 11.0. The molecule has 0 spiro atoms. The average molecular weight is 260 g/mol. The fraction of sp³-hybridized carbons (Fsp3) is 0.400. The van der Waals surface area contributed by atoms with E-state index in [0.717, 1.165) is 19.4 Å². The molecule has 1 heterocycles. The zero-order chi connectivity index (χ0) is 12.8. The highest BCUT2D eigenvalue weighted by molar-refractivity contribution is 7.09. The Hall–Kier alpha value is -1.19. The molecule has 1 atom stereocenters. The molecule has 0 saturated heterocycles. The SMILES string of the molecule is CNCC(Cc1cncs1)Cc1ccccc1C. The number of aryl methyl sites for hydroxylation is 1. The number of rotatable bonds is 6. The summed E-state index contributed by atoms with van der Waals surface area (Å²) in [6.45, 7) is 3.24. The molecule has 0 aliphatic carbocycles. The summed E-state index contributed by atoms with van der Waals surface area (Å²) in [6, 6.07) is 8.67. The lowest BCUT2D eigenvalue weighted by Crippen LogP contribution is -2.22. The van der Waals surface area contributed by atoms with Gasteiger partial charge in [0.25, 0.3) is 0 Å². The van der Waals surface area contributed by atoms with Crippen LogP contribution in [-0.2, 0) is 12.8 Å². The molecule has 0 bridgehead atoms. The predicted octanol–water partition coefficient (Wildman–Crippen LogP) is 3.07. The first kappa shape index (κ1) is 13.2. The highest BCUT2D eigenvalue weighted by Gasteiger charge is 2.12. The summed E-state index contributed by atoms with van der Waals surface area (Å²) in [5, 5.41) is 3.30. The maximum atomic E-state index is 4.16. The van der Waals surface area contributed by atoms with E-state index >= 15 is 0 Å². The third-order valence-electron chi connectivity index (χ3n) is 3.24. The van der Waals surface area contributed by atoms with Crippen molar-refractivity contribution in [2.24, 2.45) is 5.92 Å². The maximum Gasteiger partial charge on any atom is 0.0794 e. The summed E-state index contributed by atoms with van der Waals surface area (Å²) in [4.78, 5) is 5.54. The van der Waals surface area contributed by atoms with E-state index in [-0.39, 0.29) is 0 Å². The number of hydrogen-bond acceptors (Lipinski definition) is 3. The molecular weight excluding hydrogens is 240 g/mol. The van der Waals surface area contributed by atoms with Crippen LogP contribution in [0.15, 0.2) is 36.0 Å². The molecule has 3 heteroatoms. The second-order valence-electron chi connectivity index (χ2n) is 4.73. The molecule has 0 aliphatic heterocycles. The summed E-state index contributed by atoms with van der Waals surface area (Å²) in [5.74, 6) is 0.636. The molecule has 2 nitrogen and oxygen atoms in total. The first-order valence-electron chi connectivity index (χ1n) is 6.36. The lowest BCUT2D eigenvalue weighted by molar-refractivity contribution is 0.495. The van der Waals surface area contributed by atoms with Crippen molar-refractivity contribution >= 4 is 11.3 Å². The lowest BCUT2D eigenvalue weighted by atomic mass is 9.93. The summed E-state index contributed by atoms with van der Waals surface area (Å²) in [5.41, 5.74) is 4.77. The Balaban J connectivity index is 2.04. The zero-order valence-corrected chi connectivity index (χ0v) is 11.8. The summed E-state index contributed by atoms with van der Waals surface area (Å²) >= 11 is 1.75. The van der Waals surface area contributed by atoms with Crippen LogP contribution in [0.1, 0.15) is 16.0 Å². The van der Waals surface area contributed by atoms with Crippen molar-refractivity contribution in [2.75, 3.05) is 13.6 Å². The van der Waals surface area contributed by atoms with E-state index in [9.17, 15) is 0 Å². The van der Waals surface area contributed by atoms with Gasteiger partial charge in [-0.05, 0) is 50.4 Å². The van der Waals surface area contributed by atoms with Crippen LogP contribution in [0.2, 0.25) is 0 Å². The molecule has 96 valence electrons. The van der Waals surface area contributed by atoms with Crippen LogP contribution >= 0.6 is 11.3 Å². The Labute approximate surface area is 113 Å². The van der Waals surface area contributed by atoms with Crippen LogP contribution in [0.3, 0.4) is 0 Å². The molecule has 0 amide bonds. The van der Waals surface area contributed by atoms with E-state index in [0.29, 0.717) is 5.92 Å². The van der Waals surface area contributed by atoms with Crippen molar-refractivity contribution < 1.29 is 0 Å². The number of nitrogens with zero attached hydrogens (tertiary/aromatic N) is 1. The predicted molar refractivity (Wildman–Crippen MR) is 78.1 cm³/mol. The number of hydrogen-bond donors (Lipinski definition) is 1. The van der Waals surface area contributed by atoms with Gasteiger partial charge in [0, 0.05) is 11.1 Å². The Morgan fingerprint density at radius 3 is 2.78 bits per heavy atom. The third kappa shape index (κ3) is 3.65. The van der Waals surface area contributed by atoms with E-state index in [1.165, 1.54) is 16.0 Å². The topological polar surface area (TPSA) is 24.9 Å². The van der Waals surface area contributed by atoms with Crippen molar-refractivity contribution in [3.63, 3.8) is 0 Å². The number of nitrogens with one attached hydrogen (secondary N) is 1. The van der Waals surface area contributed by atoms with E-state index < -0.39 is 0 Å². The lowest BCUT2D eigenvalue weighted by Gasteiger charge is -2.17. The molecule has 1 aromatic heterocycles. The number of aromatic nitrogens is 1. The summed E-state index contributed by atoms with van der Waals surface area (Å²) in [7, 11) is 2.03. The van der Waals surface area contributed by atoms with Gasteiger partial charge in [0.1, 0.15) is 0 Å². The Bertz CT molecular complexity index is 465. The molecular formula is C15H20N2S. The summed E-state index contributed by atoms with van der Waals surface area (Å²) < 4.78 is 0. The van der Waals surface area contributed by atoms with Gasteiger partial charge >= 0.3 is 0 Å². The average Bonchev–Trinajstić information content (AvgIpc) is 2.85. The van der Waals surface area contributed by atoms with E-state index in [4.69, 9.17) is 0 Å². The van der Waals surface area contributed by atoms with E-state index in [2.05, 4.69) is 41.5 Å². The quantitative estimate of drug-likeness (QED) is 0.863. The minimum atomic E-state index is 0.636. The van der Waals surface area contributed by atoms with Gasteiger partial charge in [0.05, 0.1) is 5.51 Å². The second kappa shape index (κ2) is 6.66. The van der Waals surface area contributed by atoms with Crippen molar-refractivity contribution in [3.8, 4) is 0 Å². The highest BCUT2D eigenvalue weighted by Crippen LogP contribution is 2.18. The van der Waals surface area contributed by atoms with Crippen molar-refractivity contribution in [3.05, 3.63) is 52.0 Å². The smallest absolute Gasteiger partial charge is 0.0794 e. The standard InChI is InChI=1S/C15H20N2S/c1-12-5-3-4-6-14(12)7-13(9-16-2)8-15-10-17-11-18-15/h3-6,10-11,13,16H,7-9H2,1-2H3. The van der Waals surface area contributed by atoms with E-state index in [1.54, 1.807) is 11.3 Å². The van der Waals surface area contributed by atoms with Crippen LogP contribution in [0.25, 0.3) is 0 Å². The monoisotopic (exact) mass is 260 g/mol. The maximum absolute atomic E-state index is 4.16. The Morgan fingerprint density at radius 1 is 1.28 bits per heavy atom. The Kier molecular flexibility index (Phi) is 4.90. The molecule has 0 saturated carbocycles. The van der Waals surface area contributed by atoms with Gasteiger partial charge < -0.3 is 5.32 Å². The van der Waals surface area contributed by atoms with Crippen LogP contribution in [-0.4, -0.2) is 18.6 Å². The first-order valence-corrected chi connectivity index (χ1v) is 7.24. The minimum absolute atomic E-state index is 0.636. The van der Waals surface area contributed by atoms with Gasteiger partial charge in [-0.15, -0.1) is 11.3 Å². The van der Waals surface area contributed by atoms with Gasteiger partial charge in [-0.25, -0.2) is 0 Å². The molecule has 0 aliphatic rings. The van der Waals surface area contributed by atoms with Gasteiger partial charge in [0.2, 0.25) is 0 Å². The molecule has 0 fully saturated rings. The van der Waals surface area contributed by atoms with Crippen LogP contribution in [0.5, 0.6) is 0 Å². The molecule has 18 heavy (non-hydrogen) atoms. The van der Waals surface area contributed by atoms with Gasteiger partial charge in [-0.2, -0.15) is 0 Å².